The van der Waals surface area contributed by atoms with Crippen molar-refractivity contribution in [1.29, 1.82) is 0 Å². The molecule has 108 valence electrons. The van der Waals surface area contributed by atoms with Gasteiger partial charge in [0.1, 0.15) is 0 Å². The van der Waals surface area contributed by atoms with Gasteiger partial charge in [-0.3, -0.25) is 4.79 Å². The molecule has 2 nitrogen and oxygen atoms in total. The van der Waals surface area contributed by atoms with Crippen molar-refractivity contribution in [1.82, 2.24) is 0 Å². The smallest absolute Gasteiger partial charge is 0.235 e. The molecule has 5 heteroatoms. The van der Waals surface area contributed by atoms with E-state index in [4.69, 9.17) is 11.6 Å². The Balaban J connectivity index is 1.85. The largest absolute Gasteiger partial charge is 0.324 e. The van der Waals surface area contributed by atoms with Crippen LogP contribution in [-0.2, 0) is 10.2 Å². The van der Waals surface area contributed by atoms with Crippen molar-refractivity contribution in [2.75, 3.05) is 5.32 Å². The molecule has 0 aliphatic heterocycles. The van der Waals surface area contributed by atoms with Gasteiger partial charge >= 0.3 is 0 Å². The van der Waals surface area contributed by atoms with Gasteiger partial charge in [0.2, 0.25) is 5.91 Å². The number of rotatable bonds is 3. The maximum absolute atomic E-state index is 12.7. The molecule has 1 aliphatic rings. The number of hydrogen-bond acceptors (Lipinski definition) is 1. The quantitative estimate of drug-likeness (QED) is 0.682. The molecule has 1 fully saturated rings. The Kier molecular flexibility index (Phi) is 4.12. The van der Waals surface area contributed by atoms with Gasteiger partial charge in [0.15, 0.2) is 0 Å². The third-order valence-electron chi connectivity index (χ3n) is 3.74. The van der Waals surface area contributed by atoms with Crippen molar-refractivity contribution < 1.29 is 4.79 Å². The third-order valence-corrected chi connectivity index (χ3v) is 5.13. The van der Waals surface area contributed by atoms with Crippen LogP contribution in [0.2, 0.25) is 5.02 Å². The molecule has 0 bridgehead atoms. The lowest BCUT2D eigenvalue weighted by Gasteiger charge is -2.17. The Morgan fingerprint density at radius 3 is 2.52 bits per heavy atom. The van der Waals surface area contributed by atoms with Crippen LogP contribution in [0.3, 0.4) is 0 Å². The molecule has 0 heterocycles. The lowest BCUT2D eigenvalue weighted by atomic mass is 9.95. The molecular formula is C16H12Br2ClNO. The van der Waals surface area contributed by atoms with Crippen molar-refractivity contribution in [2.45, 2.75) is 18.3 Å². The summed E-state index contributed by atoms with van der Waals surface area (Å²) in [6, 6.07) is 13.2. The monoisotopic (exact) mass is 427 g/mol. The maximum atomic E-state index is 12.7. The molecule has 21 heavy (non-hydrogen) atoms. The molecule has 0 aromatic heterocycles. The lowest BCUT2D eigenvalue weighted by Crippen LogP contribution is -2.27. The zero-order valence-corrected chi connectivity index (χ0v) is 14.9. The summed E-state index contributed by atoms with van der Waals surface area (Å²) in [5, 5.41) is 3.67. The average molecular weight is 430 g/mol. The van der Waals surface area contributed by atoms with E-state index >= 15 is 0 Å². The number of carbonyl (C=O) groups is 1. The highest BCUT2D eigenvalue weighted by Crippen LogP contribution is 2.49. The van der Waals surface area contributed by atoms with Crippen LogP contribution >= 0.6 is 43.5 Å². The van der Waals surface area contributed by atoms with Crippen LogP contribution in [0.25, 0.3) is 0 Å². The molecule has 3 rings (SSSR count). The van der Waals surface area contributed by atoms with Gasteiger partial charge in [-0.15, -0.1) is 0 Å². The first-order valence-electron chi connectivity index (χ1n) is 6.54. The first-order valence-corrected chi connectivity index (χ1v) is 8.50. The summed E-state index contributed by atoms with van der Waals surface area (Å²) >= 11 is 12.9. The van der Waals surface area contributed by atoms with E-state index in [9.17, 15) is 4.79 Å². The van der Waals surface area contributed by atoms with Gasteiger partial charge in [-0.1, -0.05) is 39.7 Å². The van der Waals surface area contributed by atoms with Gasteiger partial charge in [0.25, 0.3) is 0 Å². The second-order valence-electron chi connectivity index (χ2n) is 5.17. The molecule has 0 saturated heterocycles. The fraction of sp³-hybridized carbons (Fsp3) is 0.188. The number of hydrogen-bond donors (Lipinski definition) is 1. The van der Waals surface area contributed by atoms with Crippen molar-refractivity contribution in [3.05, 3.63) is 62.0 Å². The fourth-order valence-corrected chi connectivity index (χ4v) is 3.73. The number of carbonyl (C=O) groups excluding carboxylic acids is 1. The summed E-state index contributed by atoms with van der Waals surface area (Å²) in [4.78, 5) is 12.7. The Labute approximate surface area is 145 Å². The molecule has 1 saturated carbocycles. The predicted octanol–water partition coefficient (Wildman–Crippen LogP) is 5.54. The van der Waals surface area contributed by atoms with E-state index in [0.29, 0.717) is 5.02 Å². The summed E-state index contributed by atoms with van der Waals surface area (Å²) < 4.78 is 1.82. The second kappa shape index (κ2) is 5.75. The van der Waals surface area contributed by atoms with E-state index in [0.717, 1.165) is 33.0 Å². The minimum absolute atomic E-state index is 0.0211. The van der Waals surface area contributed by atoms with Gasteiger partial charge in [-0.05, 0) is 64.7 Å². The Hall–Kier alpha value is -0.840. The highest BCUT2D eigenvalue weighted by molar-refractivity contribution is 9.11. The van der Waals surface area contributed by atoms with Crippen LogP contribution in [0.15, 0.2) is 51.4 Å². The SMILES string of the molecule is O=C(Nc1ccc(Br)cc1Br)C1(c2cccc(Cl)c2)CC1. The fourth-order valence-electron chi connectivity index (χ4n) is 2.39. The first-order chi connectivity index (χ1) is 10.0. The summed E-state index contributed by atoms with van der Waals surface area (Å²) in [5.74, 6) is 0.0211. The predicted molar refractivity (Wildman–Crippen MR) is 92.8 cm³/mol. The summed E-state index contributed by atoms with van der Waals surface area (Å²) in [6.07, 6.45) is 1.71. The van der Waals surface area contributed by atoms with Crippen LogP contribution in [0, 0.1) is 0 Å². The summed E-state index contributed by atoms with van der Waals surface area (Å²) in [5.41, 5.74) is 1.33. The van der Waals surface area contributed by atoms with Crippen molar-refractivity contribution in [3.8, 4) is 0 Å². The van der Waals surface area contributed by atoms with E-state index < -0.39 is 5.41 Å². The Morgan fingerprint density at radius 1 is 1.14 bits per heavy atom. The van der Waals surface area contributed by atoms with Gasteiger partial charge < -0.3 is 5.32 Å². The molecule has 0 spiro atoms. The van der Waals surface area contributed by atoms with Gasteiger partial charge in [0.05, 0.1) is 11.1 Å². The van der Waals surface area contributed by atoms with Crippen LogP contribution < -0.4 is 5.32 Å². The number of nitrogens with one attached hydrogen (secondary N) is 1. The highest BCUT2D eigenvalue weighted by Gasteiger charge is 2.51. The first kappa shape index (κ1) is 15.1. The standard InChI is InChI=1S/C16H12Br2ClNO/c17-11-4-5-14(13(18)9-11)20-15(21)16(6-7-16)10-2-1-3-12(19)8-10/h1-5,8-9H,6-7H2,(H,20,21). The van der Waals surface area contributed by atoms with Crippen LogP contribution in [0.5, 0.6) is 0 Å². The minimum Gasteiger partial charge on any atom is -0.324 e. The maximum Gasteiger partial charge on any atom is 0.235 e. The molecular weight excluding hydrogens is 417 g/mol. The molecule has 1 amide bonds. The van der Waals surface area contributed by atoms with E-state index in [1.807, 2.05) is 42.5 Å². The number of halogens is 3. The number of anilines is 1. The van der Waals surface area contributed by atoms with Crippen LogP contribution in [0.1, 0.15) is 18.4 Å². The highest BCUT2D eigenvalue weighted by atomic mass is 79.9. The van der Waals surface area contributed by atoms with E-state index in [1.165, 1.54) is 0 Å². The molecule has 2 aromatic carbocycles. The van der Waals surface area contributed by atoms with Crippen molar-refractivity contribution in [3.63, 3.8) is 0 Å². The van der Waals surface area contributed by atoms with Gasteiger partial charge in [0, 0.05) is 14.0 Å². The van der Waals surface area contributed by atoms with Crippen LogP contribution in [0.4, 0.5) is 5.69 Å². The second-order valence-corrected chi connectivity index (χ2v) is 7.38. The minimum atomic E-state index is -0.433. The number of benzene rings is 2. The number of amides is 1. The lowest BCUT2D eigenvalue weighted by molar-refractivity contribution is -0.118. The molecule has 2 aromatic rings. The zero-order valence-electron chi connectivity index (χ0n) is 11.0. The molecule has 1 aliphatic carbocycles. The van der Waals surface area contributed by atoms with E-state index in [1.54, 1.807) is 0 Å². The van der Waals surface area contributed by atoms with Gasteiger partial charge in [-0.25, -0.2) is 0 Å². The third kappa shape index (κ3) is 3.03. The van der Waals surface area contributed by atoms with E-state index in [-0.39, 0.29) is 5.91 Å². The summed E-state index contributed by atoms with van der Waals surface area (Å²) in [7, 11) is 0. The van der Waals surface area contributed by atoms with Crippen molar-refractivity contribution in [2.24, 2.45) is 0 Å². The van der Waals surface area contributed by atoms with Crippen molar-refractivity contribution >= 4 is 55.1 Å². The average Bonchev–Trinajstić information content (AvgIpc) is 3.23. The topological polar surface area (TPSA) is 29.1 Å². The van der Waals surface area contributed by atoms with Gasteiger partial charge in [-0.2, -0.15) is 0 Å². The molecule has 0 unspecified atom stereocenters. The molecule has 0 atom stereocenters. The van der Waals surface area contributed by atoms with E-state index in [2.05, 4.69) is 37.2 Å². The zero-order chi connectivity index (χ0) is 15.0. The Morgan fingerprint density at radius 2 is 1.90 bits per heavy atom. The molecule has 1 N–H and O–H groups in total. The summed E-state index contributed by atoms with van der Waals surface area (Å²) in [6.45, 7) is 0. The normalized spacial score (nSPS) is 15.6. The molecule has 0 radical (unpaired) electrons. The van der Waals surface area contributed by atoms with Crippen LogP contribution in [-0.4, -0.2) is 5.91 Å². The Bertz CT molecular complexity index is 713.